The standard InChI is InChI=1S/C28H25N3O3S/c1-17-11-12-19(16-18(17)2)31-26(25(30-28(31)35)22-10-6-7-15-29-22)24-14-13-23(34-24)20-8-4-5-9-21(20)27(32)33-3/h4-16,25-26H,1-3H3,(H,30,35)/t25-,26-/m0/s1. The maximum atomic E-state index is 12.3. The van der Waals surface area contributed by atoms with Crippen molar-refractivity contribution in [2.75, 3.05) is 12.0 Å². The lowest BCUT2D eigenvalue weighted by Gasteiger charge is -2.26. The summed E-state index contributed by atoms with van der Waals surface area (Å²) in [4.78, 5) is 19.0. The van der Waals surface area contributed by atoms with Crippen molar-refractivity contribution in [2.45, 2.75) is 25.9 Å². The van der Waals surface area contributed by atoms with E-state index >= 15 is 0 Å². The molecule has 2 aromatic carbocycles. The van der Waals surface area contributed by atoms with Crippen molar-refractivity contribution >= 4 is 29.0 Å². The highest BCUT2D eigenvalue weighted by molar-refractivity contribution is 7.80. The van der Waals surface area contributed by atoms with Crippen molar-refractivity contribution in [3.63, 3.8) is 0 Å². The lowest BCUT2D eigenvalue weighted by Crippen LogP contribution is -2.29. The number of nitrogens with zero attached hydrogens (tertiary/aromatic N) is 2. The number of pyridine rings is 1. The van der Waals surface area contributed by atoms with Crippen LogP contribution in [0.4, 0.5) is 5.69 Å². The van der Waals surface area contributed by atoms with Gasteiger partial charge in [0.15, 0.2) is 5.11 Å². The van der Waals surface area contributed by atoms with Crippen molar-refractivity contribution in [1.82, 2.24) is 10.3 Å². The number of ether oxygens (including phenoxy) is 1. The molecule has 0 aliphatic carbocycles. The fourth-order valence-electron chi connectivity index (χ4n) is 4.44. The number of esters is 1. The molecular weight excluding hydrogens is 458 g/mol. The van der Waals surface area contributed by atoms with Gasteiger partial charge < -0.3 is 19.4 Å². The molecule has 35 heavy (non-hydrogen) atoms. The van der Waals surface area contributed by atoms with Gasteiger partial charge >= 0.3 is 5.97 Å². The summed E-state index contributed by atoms with van der Waals surface area (Å²) in [6.07, 6.45) is 1.77. The molecule has 1 aliphatic heterocycles. The molecule has 1 N–H and O–H groups in total. The van der Waals surface area contributed by atoms with E-state index in [-0.39, 0.29) is 12.1 Å². The average Bonchev–Trinajstić information content (AvgIpc) is 3.50. The Hall–Kier alpha value is -3.97. The Morgan fingerprint density at radius 2 is 1.83 bits per heavy atom. The largest absolute Gasteiger partial charge is 0.465 e. The Balaban J connectivity index is 1.62. The van der Waals surface area contributed by atoms with Gasteiger partial charge in [0.1, 0.15) is 17.6 Å². The van der Waals surface area contributed by atoms with E-state index in [4.69, 9.17) is 21.4 Å². The maximum Gasteiger partial charge on any atom is 0.338 e. The Bertz CT molecular complexity index is 1400. The molecule has 1 fully saturated rings. The van der Waals surface area contributed by atoms with Gasteiger partial charge in [-0.3, -0.25) is 4.98 Å². The molecule has 6 nitrogen and oxygen atoms in total. The van der Waals surface area contributed by atoms with Crippen LogP contribution in [0.15, 0.2) is 83.4 Å². The molecule has 0 spiro atoms. The zero-order valence-corrected chi connectivity index (χ0v) is 20.5. The van der Waals surface area contributed by atoms with Crippen molar-refractivity contribution in [2.24, 2.45) is 0 Å². The summed E-state index contributed by atoms with van der Waals surface area (Å²) < 4.78 is 11.4. The first-order valence-electron chi connectivity index (χ1n) is 11.3. The van der Waals surface area contributed by atoms with Crippen LogP contribution < -0.4 is 10.2 Å². The number of aromatic nitrogens is 1. The molecule has 0 bridgehead atoms. The summed E-state index contributed by atoms with van der Waals surface area (Å²) >= 11 is 5.81. The van der Waals surface area contributed by atoms with E-state index in [1.165, 1.54) is 18.2 Å². The fourth-order valence-corrected chi connectivity index (χ4v) is 4.79. The second-order valence-corrected chi connectivity index (χ2v) is 8.89. The second kappa shape index (κ2) is 9.35. The van der Waals surface area contributed by atoms with Crippen molar-refractivity contribution in [1.29, 1.82) is 0 Å². The second-order valence-electron chi connectivity index (χ2n) is 8.50. The van der Waals surface area contributed by atoms with E-state index in [2.05, 4.69) is 47.2 Å². The average molecular weight is 484 g/mol. The highest BCUT2D eigenvalue weighted by Crippen LogP contribution is 2.43. The van der Waals surface area contributed by atoms with Crippen molar-refractivity contribution in [3.8, 4) is 11.3 Å². The van der Waals surface area contributed by atoms with Gasteiger partial charge in [-0.2, -0.15) is 0 Å². The molecule has 0 unspecified atom stereocenters. The normalized spacial score (nSPS) is 17.3. The van der Waals surface area contributed by atoms with Gasteiger partial charge in [-0.05, 0) is 79.7 Å². The predicted octanol–water partition coefficient (Wildman–Crippen LogP) is 5.92. The zero-order valence-electron chi connectivity index (χ0n) is 19.7. The molecule has 0 saturated carbocycles. The topological polar surface area (TPSA) is 67.6 Å². The smallest absolute Gasteiger partial charge is 0.338 e. The molecule has 176 valence electrons. The van der Waals surface area contributed by atoms with E-state index in [0.29, 0.717) is 27.8 Å². The van der Waals surface area contributed by atoms with Crippen LogP contribution >= 0.6 is 12.2 Å². The number of methoxy groups -OCH3 is 1. The first-order valence-corrected chi connectivity index (χ1v) is 11.7. The van der Waals surface area contributed by atoms with Crippen LogP contribution in [0.5, 0.6) is 0 Å². The Morgan fingerprint density at radius 3 is 2.57 bits per heavy atom. The summed E-state index contributed by atoms with van der Waals surface area (Å²) in [5.41, 5.74) is 5.34. The SMILES string of the molecule is COC(=O)c1ccccc1-c1ccc([C@H]2[C@H](c3ccccn3)NC(=S)N2c2ccc(C)c(C)c2)o1. The number of benzene rings is 2. The number of hydrogen-bond donors (Lipinski definition) is 1. The summed E-state index contributed by atoms with van der Waals surface area (Å²) in [6, 6.07) is 22.7. The number of carbonyl (C=O) groups is 1. The van der Waals surface area contributed by atoms with Gasteiger partial charge in [-0.25, -0.2) is 4.79 Å². The summed E-state index contributed by atoms with van der Waals surface area (Å²) in [6.45, 7) is 4.18. The van der Waals surface area contributed by atoms with Gasteiger partial charge in [0.2, 0.25) is 0 Å². The number of thiocarbonyl (C=S) groups is 1. The minimum atomic E-state index is -0.412. The molecule has 2 atom stereocenters. The lowest BCUT2D eigenvalue weighted by atomic mass is 10.0. The number of anilines is 1. The third-order valence-electron chi connectivity index (χ3n) is 6.38. The van der Waals surface area contributed by atoms with E-state index in [9.17, 15) is 4.79 Å². The van der Waals surface area contributed by atoms with E-state index in [0.717, 1.165) is 11.4 Å². The van der Waals surface area contributed by atoms with E-state index in [1.54, 1.807) is 18.3 Å². The van der Waals surface area contributed by atoms with Crippen LogP contribution in [-0.2, 0) is 4.74 Å². The van der Waals surface area contributed by atoms with E-state index in [1.807, 2.05) is 42.5 Å². The number of aryl methyl sites for hydroxylation is 2. The first kappa shape index (κ1) is 22.8. The number of hydrogen-bond acceptors (Lipinski definition) is 5. The zero-order chi connectivity index (χ0) is 24.5. The van der Waals surface area contributed by atoms with Gasteiger partial charge in [-0.15, -0.1) is 0 Å². The molecule has 1 aliphatic rings. The van der Waals surface area contributed by atoms with Crippen molar-refractivity contribution < 1.29 is 13.9 Å². The summed E-state index contributed by atoms with van der Waals surface area (Å²) in [5.74, 6) is 0.880. The molecule has 5 rings (SSSR count). The number of carbonyl (C=O) groups excluding carboxylic acids is 1. The van der Waals surface area contributed by atoms with Gasteiger partial charge in [0, 0.05) is 17.4 Å². The molecule has 2 aromatic heterocycles. The Kier molecular flexibility index (Phi) is 6.09. The highest BCUT2D eigenvalue weighted by Gasteiger charge is 2.42. The Morgan fingerprint density at radius 1 is 1.03 bits per heavy atom. The van der Waals surface area contributed by atoms with Crippen LogP contribution in [0.2, 0.25) is 0 Å². The summed E-state index contributed by atoms with van der Waals surface area (Å²) in [7, 11) is 1.37. The lowest BCUT2D eigenvalue weighted by molar-refractivity contribution is 0.0601. The summed E-state index contributed by atoms with van der Waals surface area (Å²) in [5, 5.41) is 4.05. The molecule has 4 aromatic rings. The van der Waals surface area contributed by atoms with Gasteiger partial charge in [0.25, 0.3) is 0 Å². The van der Waals surface area contributed by atoms with Crippen LogP contribution in [0.3, 0.4) is 0 Å². The monoisotopic (exact) mass is 483 g/mol. The van der Waals surface area contributed by atoms with Crippen LogP contribution in [0.25, 0.3) is 11.3 Å². The van der Waals surface area contributed by atoms with E-state index < -0.39 is 5.97 Å². The Labute approximate surface area is 209 Å². The third kappa shape index (κ3) is 4.19. The van der Waals surface area contributed by atoms with Gasteiger partial charge in [-0.1, -0.05) is 30.3 Å². The van der Waals surface area contributed by atoms with Crippen LogP contribution in [0.1, 0.15) is 45.0 Å². The maximum absolute atomic E-state index is 12.3. The molecule has 1 saturated heterocycles. The minimum absolute atomic E-state index is 0.222. The fraction of sp³-hybridized carbons (Fsp3) is 0.179. The van der Waals surface area contributed by atoms with Gasteiger partial charge in [0.05, 0.1) is 24.4 Å². The minimum Gasteiger partial charge on any atom is -0.465 e. The number of rotatable bonds is 5. The van der Waals surface area contributed by atoms with Crippen LogP contribution in [0, 0.1) is 13.8 Å². The molecule has 0 radical (unpaired) electrons. The van der Waals surface area contributed by atoms with Crippen molar-refractivity contribution in [3.05, 3.63) is 107 Å². The molecule has 7 heteroatoms. The van der Waals surface area contributed by atoms with Crippen LogP contribution in [-0.4, -0.2) is 23.2 Å². The highest BCUT2D eigenvalue weighted by atomic mass is 32.1. The first-order chi connectivity index (χ1) is 17.0. The molecular formula is C28H25N3O3S. The number of nitrogens with one attached hydrogen (secondary N) is 1. The number of furan rings is 1. The molecule has 0 amide bonds. The predicted molar refractivity (Wildman–Crippen MR) is 139 cm³/mol. The third-order valence-corrected chi connectivity index (χ3v) is 6.70. The quantitative estimate of drug-likeness (QED) is 0.279. The molecule has 3 heterocycles.